The van der Waals surface area contributed by atoms with E-state index in [-0.39, 0.29) is 0 Å². The summed E-state index contributed by atoms with van der Waals surface area (Å²) in [4.78, 5) is 10.3. The van der Waals surface area contributed by atoms with Gasteiger partial charge < -0.3 is 56.8 Å². The van der Waals surface area contributed by atoms with E-state index >= 15 is 0 Å². The molecular formula is C60H80N4O12. The van der Waals surface area contributed by atoms with Crippen LogP contribution in [0.1, 0.15) is 47.9 Å². The summed E-state index contributed by atoms with van der Waals surface area (Å²) in [6, 6.07) is 25.9. The summed E-state index contributed by atoms with van der Waals surface area (Å²) in [6.45, 7) is 20.5. The monoisotopic (exact) mass is 1050 g/mol. The van der Waals surface area contributed by atoms with Gasteiger partial charge >= 0.3 is 0 Å². The van der Waals surface area contributed by atoms with Crippen molar-refractivity contribution in [2.45, 2.75) is 51.4 Å². The maximum atomic E-state index is 5.71. The standard InChI is InChI=1S/2C30H40N2O6/c2*1(7-31-8-12-33-13-9-31)2-25(16-23-3-5-27-29(18-23)37-21-35-27)26(20-32-10-14-34-15-11-32)17-24-4-6-28-30(19-24)38-22-36-28/h2*3-6,18-19,25-26H,1-2,7-17,20-22H2/t2*25-,26+/m10/s1. The second-order valence-electron chi connectivity index (χ2n) is 21.6. The van der Waals surface area contributed by atoms with Crippen molar-refractivity contribution in [2.24, 2.45) is 23.7 Å². The van der Waals surface area contributed by atoms with Gasteiger partial charge in [-0.15, -0.1) is 0 Å². The highest BCUT2D eigenvalue weighted by Gasteiger charge is 2.30. The van der Waals surface area contributed by atoms with Crippen molar-refractivity contribution >= 4 is 0 Å². The van der Waals surface area contributed by atoms with Crippen molar-refractivity contribution in [3.8, 4) is 46.0 Å². The van der Waals surface area contributed by atoms with Crippen LogP contribution in [0, 0.1) is 23.7 Å². The van der Waals surface area contributed by atoms with Crippen molar-refractivity contribution in [1.82, 2.24) is 19.6 Å². The lowest BCUT2D eigenvalue weighted by Gasteiger charge is -2.35. The maximum Gasteiger partial charge on any atom is 0.231 e. The molecule has 0 N–H and O–H groups in total. The molecule has 412 valence electrons. The fourth-order valence-corrected chi connectivity index (χ4v) is 12.3. The highest BCUT2D eigenvalue weighted by atomic mass is 16.7. The SMILES string of the molecule is c1cc2c(cc1C[C@@H](CCCN1CCOCC1)[C@@H](Cc1ccc3c(c1)OCO3)CN1CCOCC1)OCO2.c1cc2c(cc1C[C@H](CN1CCOCC1)[C@@H](CCCN1CCOCC1)Cc1ccc3c(c1)OCO3)OCO2. The summed E-state index contributed by atoms with van der Waals surface area (Å²) >= 11 is 0. The zero-order valence-electron chi connectivity index (χ0n) is 44.6. The Kier molecular flexibility index (Phi) is 18.8. The second-order valence-corrected chi connectivity index (χ2v) is 21.6. The van der Waals surface area contributed by atoms with Crippen molar-refractivity contribution in [3.05, 3.63) is 95.1 Å². The zero-order valence-corrected chi connectivity index (χ0v) is 44.6. The Morgan fingerprint density at radius 2 is 0.566 bits per heavy atom. The van der Waals surface area contributed by atoms with Crippen LogP contribution in [0.25, 0.3) is 0 Å². The molecule has 4 saturated heterocycles. The van der Waals surface area contributed by atoms with Crippen LogP contribution < -0.4 is 37.9 Å². The van der Waals surface area contributed by atoms with Gasteiger partial charge in [0.05, 0.1) is 52.9 Å². The normalized spacial score (nSPS) is 20.9. The van der Waals surface area contributed by atoms with Crippen LogP contribution >= 0.6 is 0 Å². The highest BCUT2D eigenvalue weighted by Crippen LogP contribution is 2.39. The Morgan fingerprint density at radius 1 is 0.303 bits per heavy atom. The molecule has 0 amide bonds. The molecule has 0 aliphatic carbocycles. The predicted octanol–water partition coefficient (Wildman–Crippen LogP) is 7.21. The van der Waals surface area contributed by atoms with Crippen molar-refractivity contribution in [3.63, 3.8) is 0 Å². The minimum atomic E-state index is 0.310. The lowest BCUT2D eigenvalue weighted by atomic mass is 9.79. The first-order chi connectivity index (χ1) is 37.6. The first-order valence-corrected chi connectivity index (χ1v) is 28.3. The molecule has 0 radical (unpaired) electrons. The van der Waals surface area contributed by atoms with E-state index in [2.05, 4.69) is 92.4 Å². The number of hydrogen-bond donors (Lipinski definition) is 0. The molecular weight excluding hydrogens is 969 g/mol. The summed E-state index contributed by atoms with van der Waals surface area (Å²) in [7, 11) is 0. The molecule has 4 aromatic carbocycles. The first-order valence-electron chi connectivity index (χ1n) is 28.3. The molecule has 12 rings (SSSR count). The van der Waals surface area contributed by atoms with Gasteiger partial charge in [0.15, 0.2) is 46.0 Å². The topological polar surface area (TPSA) is 124 Å². The average Bonchev–Trinajstić information content (AvgIpc) is 4.32. The Bertz CT molecular complexity index is 2270. The van der Waals surface area contributed by atoms with E-state index in [1.54, 1.807) is 0 Å². The van der Waals surface area contributed by atoms with Crippen LogP contribution in [0.5, 0.6) is 46.0 Å². The number of nitrogens with zero attached hydrogens (tertiary/aromatic N) is 4. The van der Waals surface area contributed by atoms with Crippen molar-refractivity contribution in [2.75, 3.05) is 159 Å². The van der Waals surface area contributed by atoms with E-state index in [9.17, 15) is 0 Å². The lowest BCUT2D eigenvalue weighted by Crippen LogP contribution is -2.42. The number of benzene rings is 4. The third-order valence-corrected chi connectivity index (χ3v) is 16.6. The Labute approximate surface area is 449 Å². The zero-order chi connectivity index (χ0) is 51.1. The van der Waals surface area contributed by atoms with Gasteiger partial charge in [0.2, 0.25) is 27.2 Å². The van der Waals surface area contributed by atoms with E-state index in [1.807, 2.05) is 0 Å². The van der Waals surface area contributed by atoms with Crippen LogP contribution in [0.3, 0.4) is 0 Å². The Hall–Kier alpha value is -5.04. The fourth-order valence-electron chi connectivity index (χ4n) is 12.3. The number of hydrogen-bond acceptors (Lipinski definition) is 16. The van der Waals surface area contributed by atoms with Crippen molar-refractivity contribution < 1.29 is 56.8 Å². The molecule has 16 nitrogen and oxygen atoms in total. The van der Waals surface area contributed by atoms with Gasteiger partial charge in [0.25, 0.3) is 0 Å². The van der Waals surface area contributed by atoms with Crippen LogP contribution in [0.2, 0.25) is 0 Å². The van der Waals surface area contributed by atoms with E-state index < -0.39 is 0 Å². The van der Waals surface area contributed by atoms with Crippen LogP contribution in [0.15, 0.2) is 72.8 Å². The molecule has 0 aromatic heterocycles. The molecule has 76 heavy (non-hydrogen) atoms. The van der Waals surface area contributed by atoms with Gasteiger partial charge in [-0.3, -0.25) is 19.6 Å². The Balaban J connectivity index is 0.000000162. The van der Waals surface area contributed by atoms with Crippen LogP contribution in [-0.2, 0) is 44.6 Å². The average molecular weight is 1050 g/mol. The predicted molar refractivity (Wildman–Crippen MR) is 287 cm³/mol. The summed E-state index contributed by atoms with van der Waals surface area (Å²) in [5.74, 6) is 8.94. The molecule has 4 aromatic rings. The number of morpholine rings is 4. The minimum Gasteiger partial charge on any atom is -0.454 e. The third kappa shape index (κ3) is 14.7. The van der Waals surface area contributed by atoms with Gasteiger partial charge in [-0.2, -0.15) is 0 Å². The highest BCUT2D eigenvalue weighted by molar-refractivity contribution is 5.47. The third-order valence-electron chi connectivity index (χ3n) is 16.6. The van der Waals surface area contributed by atoms with Gasteiger partial charge in [0, 0.05) is 65.4 Å². The lowest BCUT2D eigenvalue weighted by molar-refractivity contribution is 0.0236. The summed E-state index contributed by atoms with van der Waals surface area (Å²) in [5, 5.41) is 0. The fraction of sp³-hybridized carbons (Fsp3) is 0.600. The van der Waals surface area contributed by atoms with E-state index in [1.165, 1.54) is 47.9 Å². The summed E-state index contributed by atoms with van der Waals surface area (Å²) in [5.41, 5.74) is 5.28. The molecule has 16 heteroatoms. The molecule has 0 saturated carbocycles. The minimum absolute atomic E-state index is 0.310. The van der Waals surface area contributed by atoms with Gasteiger partial charge in [-0.25, -0.2) is 0 Å². The molecule has 8 aliphatic heterocycles. The molecule has 0 bridgehead atoms. The Morgan fingerprint density at radius 3 is 0.868 bits per heavy atom. The summed E-state index contributed by atoms with van der Waals surface area (Å²) < 4.78 is 67.6. The number of ether oxygens (including phenoxy) is 12. The molecule has 0 spiro atoms. The number of rotatable bonds is 22. The number of fused-ring (bicyclic) bond motifs is 4. The molecule has 4 atom stereocenters. The molecule has 4 fully saturated rings. The molecule has 8 aliphatic rings. The smallest absolute Gasteiger partial charge is 0.231 e. The van der Waals surface area contributed by atoms with Crippen LogP contribution in [0.4, 0.5) is 0 Å². The molecule has 0 unspecified atom stereocenters. The van der Waals surface area contributed by atoms with Gasteiger partial charge in [-0.1, -0.05) is 24.3 Å². The first kappa shape index (κ1) is 53.0. The second kappa shape index (κ2) is 27.0. The van der Waals surface area contributed by atoms with Crippen molar-refractivity contribution in [1.29, 1.82) is 0 Å². The van der Waals surface area contributed by atoms with Crippen LogP contribution in [-0.4, -0.2) is 178 Å². The maximum absolute atomic E-state index is 5.71. The van der Waals surface area contributed by atoms with E-state index in [4.69, 9.17) is 56.8 Å². The molecule has 8 heterocycles. The van der Waals surface area contributed by atoms with Gasteiger partial charge in [0.1, 0.15) is 0 Å². The van der Waals surface area contributed by atoms with E-state index in [0.717, 1.165) is 203 Å². The largest absolute Gasteiger partial charge is 0.454 e. The van der Waals surface area contributed by atoms with Gasteiger partial charge in [-0.05, 0) is 159 Å². The quantitative estimate of drug-likeness (QED) is 0.0787. The van der Waals surface area contributed by atoms with E-state index in [0.29, 0.717) is 50.8 Å². The summed E-state index contributed by atoms with van der Waals surface area (Å²) in [6.07, 6.45) is 8.84.